The first-order valence-electron chi connectivity index (χ1n) is 5.29. The standard InChI is InChI=1S/C11H16N4O/c1-8-4-5-10(16-8)9(2)12-6-11-13-7-15(3)14-11/h4-5,7,9,12H,6H2,1-3H3. The van der Waals surface area contributed by atoms with Crippen molar-refractivity contribution in [1.29, 1.82) is 0 Å². The van der Waals surface area contributed by atoms with Crippen molar-refractivity contribution in [1.82, 2.24) is 20.1 Å². The van der Waals surface area contributed by atoms with Gasteiger partial charge in [-0.2, -0.15) is 5.10 Å². The molecule has 1 unspecified atom stereocenters. The lowest BCUT2D eigenvalue weighted by Crippen LogP contribution is -2.18. The van der Waals surface area contributed by atoms with Gasteiger partial charge in [-0.3, -0.25) is 4.68 Å². The molecule has 0 aliphatic heterocycles. The Balaban J connectivity index is 1.91. The van der Waals surface area contributed by atoms with Crippen LogP contribution in [0.3, 0.4) is 0 Å². The van der Waals surface area contributed by atoms with Crippen LogP contribution in [0.2, 0.25) is 0 Å². The van der Waals surface area contributed by atoms with Gasteiger partial charge in [-0.25, -0.2) is 4.98 Å². The molecule has 5 nitrogen and oxygen atoms in total. The van der Waals surface area contributed by atoms with Gasteiger partial charge in [0.1, 0.15) is 17.8 Å². The van der Waals surface area contributed by atoms with Crippen LogP contribution in [-0.4, -0.2) is 14.8 Å². The summed E-state index contributed by atoms with van der Waals surface area (Å²) in [7, 11) is 1.86. The van der Waals surface area contributed by atoms with Crippen molar-refractivity contribution >= 4 is 0 Å². The molecule has 0 aromatic carbocycles. The summed E-state index contributed by atoms with van der Waals surface area (Å²) in [6.45, 7) is 4.64. The topological polar surface area (TPSA) is 55.9 Å². The highest BCUT2D eigenvalue weighted by Crippen LogP contribution is 2.15. The van der Waals surface area contributed by atoms with Crippen molar-refractivity contribution in [2.75, 3.05) is 0 Å². The quantitative estimate of drug-likeness (QED) is 0.849. The third-order valence-electron chi connectivity index (χ3n) is 2.40. The van der Waals surface area contributed by atoms with Crippen LogP contribution in [0.1, 0.15) is 30.3 Å². The van der Waals surface area contributed by atoms with Crippen LogP contribution in [0, 0.1) is 6.92 Å². The van der Waals surface area contributed by atoms with Crippen molar-refractivity contribution in [3.05, 3.63) is 35.8 Å². The van der Waals surface area contributed by atoms with Crippen molar-refractivity contribution in [3.63, 3.8) is 0 Å². The Hall–Kier alpha value is -1.62. The predicted octanol–water partition coefficient (Wildman–Crippen LogP) is 1.57. The molecule has 0 aliphatic carbocycles. The maximum atomic E-state index is 5.53. The molecule has 0 radical (unpaired) electrons. The normalized spacial score (nSPS) is 12.9. The largest absolute Gasteiger partial charge is 0.465 e. The minimum Gasteiger partial charge on any atom is -0.465 e. The Labute approximate surface area is 94.5 Å². The fourth-order valence-corrected chi connectivity index (χ4v) is 1.50. The van der Waals surface area contributed by atoms with Gasteiger partial charge in [0, 0.05) is 7.05 Å². The van der Waals surface area contributed by atoms with Crippen LogP contribution in [-0.2, 0) is 13.6 Å². The summed E-state index contributed by atoms with van der Waals surface area (Å²) < 4.78 is 7.22. The van der Waals surface area contributed by atoms with Gasteiger partial charge in [0.25, 0.3) is 0 Å². The van der Waals surface area contributed by atoms with Gasteiger partial charge < -0.3 is 9.73 Å². The fraction of sp³-hybridized carbons (Fsp3) is 0.455. The molecule has 2 aromatic heterocycles. The minimum atomic E-state index is 0.164. The molecule has 2 aromatic rings. The first-order valence-corrected chi connectivity index (χ1v) is 5.29. The van der Waals surface area contributed by atoms with Gasteiger partial charge >= 0.3 is 0 Å². The first kappa shape index (κ1) is 10.9. The maximum absolute atomic E-state index is 5.53. The summed E-state index contributed by atoms with van der Waals surface area (Å²) >= 11 is 0. The van der Waals surface area contributed by atoms with Crippen LogP contribution in [0.15, 0.2) is 22.9 Å². The van der Waals surface area contributed by atoms with Crippen LogP contribution < -0.4 is 5.32 Å². The zero-order chi connectivity index (χ0) is 11.5. The molecule has 0 saturated carbocycles. The molecule has 0 fully saturated rings. The summed E-state index contributed by atoms with van der Waals surface area (Å²) in [5.74, 6) is 2.66. The van der Waals surface area contributed by atoms with Gasteiger partial charge in [-0.15, -0.1) is 0 Å². The molecule has 2 rings (SSSR count). The molecule has 16 heavy (non-hydrogen) atoms. The minimum absolute atomic E-state index is 0.164. The molecule has 1 N–H and O–H groups in total. The number of hydrogen-bond donors (Lipinski definition) is 1. The molecule has 0 saturated heterocycles. The number of nitrogens with one attached hydrogen (secondary N) is 1. The molecule has 86 valence electrons. The number of rotatable bonds is 4. The summed E-state index contributed by atoms with van der Waals surface area (Å²) in [5, 5.41) is 7.50. The van der Waals surface area contributed by atoms with E-state index in [1.54, 1.807) is 11.0 Å². The SMILES string of the molecule is Cc1ccc(C(C)NCc2ncn(C)n2)o1. The van der Waals surface area contributed by atoms with E-state index in [0.29, 0.717) is 6.54 Å². The van der Waals surface area contributed by atoms with Gasteiger partial charge in [-0.05, 0) is 26.0 Å². The Morgan fingerprint density at radius 1 is 1.50 bits per heavy atom. The highest BCUT2D eigenvalue weighted by atomic mass is 16.3. The molecular formula is C11H16N4O. The van der Waals surface area contributed by atoms with Gasteiger partial charge in [0.05, 0.1) is 12.6 Å². The molecule has 1 atom stereocenters. The van der Waals surface area contributed by atoms with E-state index >= 15 is 0 Å². The highest BCUT2D eigenvalue weighted by molar-refractivity contribution is 5.08. The van der Waals surface area contributed by atoms with E-state index in [9.17, 15) is 0 Å². The van der Waals surface area contributed by atoms with Crippen LogP contribution in [0.4, 0.5) is 0 Å². The number of furan rings is 1. The third kappa shape index (κ3) is 2.49. The van der Waals surface area contributed by atoms with Gasteiger partial charge in [0.15, 0.2) is 5.82 Å². The lowest BCUT2D eigenvalue weighted by Gasteiger charge is -2.09. The van der Waals surface area contributed by atoms with Crippen LogP contribution in [0.5, 0.6) is 0 Å². The van der Waals surface area contributed by atoms with E-state index < -0.39 is 0 Å². The molecular weight excluding hydrogens is 204 g/mol. The van der Waals surface area contributed by atoms with Crippen molar-refractivity contribution in [2.45, 2.75) is 26.4 Å². The molecule has 2 heterocycles. The van der Waals surface area contributed by atoms with E-state index in [2.05, 4.69) is 22.3 Å². The Bertz CT molecular complexity index is 460. The molecule has 0 spiro atoms. The van der Waals surface area contributed by atoms with E-state index in [-0.39, 0.29) is 6.04 Å². The summed E-state index contributed by atoms with van der Waals surface area (Å²) in [6.07, 6.45) is 1.69. The highest BCUT2D eigenvalue weighted by Gasteiger charge is 2.09. The average molecular weight is 220 g/mol. The zero-order valence-corrected chi connectivity index (χ0v) is 9.77. The Morgan fingerprint density at radius 2 is 2.31 bits per heavy atom. The Kier molecular flexibility index (Phi) is 3.05. The van der Waals surface area contributed by atoms with Gasteiger partial charge in [0.2, 0.25) is 0 Å². The van der Waals surface area contributed by atoms with Crippen LogP contribution in [0.25, 0.3) is 0 Å². The first-order chi connectivity index (χ1) is 7.65. The maximum Gasteiger partial charge on any atom is 0.164 e. The molecule has 0 aliphatic rings. The smallest absolute Gasteiger partial charge is 0.164 e. The predicted molar refractivity (Wildman–Crippen MR) is 59.7 cm³/mol. The Morgan fingerprint density at radius 3 is 2.88 bits per heavy atom. The summed E-state index contributed by atoms with van der Waals surface area (Å²) in [4.78, 5) is 4.15. The van der Waals surface area contributed by atoms with E-state index in [1.165, 1.54) is 0 Å². The van der Waals surface area contributed by atoms with E-state index in [1.807, 2.05) is 26.1 Å². The van der Waals surface area contributed by atoms with Crippen LogP contribution >= 0.6 is 0 Å². The fourth-order valence-electron chi connectivity index (χ4n) is 1.50. The lowest BCUT2D eigenvalue weighted by molar-refractivity contribution is 0.413. The number of hydrogen-bond acceptors (Lipinski definition) is 4. The van der Waals surface area contributed by atoms with E-state index in [4.69, 9.17) is 4.42 Å². The summed E-state index contributed by atoms with van der Waals surface area (Å²) in [6, 6.07) is 4.11. The second-order valence-corrected chi connectivity index (χ2v) is 3.89. The van der Waals surface area contributed by atoms with Crippen molar-refractivity contribution in [2.24, 2.45) is 7.05 Å². The number of nitrogens with zero attached hydrogens (tertiary/aromatic N) is 3. The molecule has 5 heteroatoms. The number of aryl methyl sites for hydroxylation is 2. The van der Waals surface area contributed by atoms with Gasteiger partial charge in [-0.1, -0.05) is 0 Å². The molecule has 0 bridgehead atoms. The van der Waals surface area contributed by atoms with Crippen molar-refractivity contribution in [3.8, 4) is 0 Å². The third-order valence-corrected chi connectivity index (χ3v) is 2.40. The second kappa shape index (κ2) is 4.49. The lowest BCUT2D eigenvalue weighted by atomic mass is 10.2. The number of aromatic nitrogens is 3. The second-order valence-electron chi connectivity index (χ2n) is 3.89. The monoisotopic (exact) mass is 220 g/mol. The molecule has 0 amide bonds. The average Bonchev–Trinajstić information content (AvgIpc) is 2.84. The van der Waals surface area contributed by atoms with Crippen molar-refractivity contribution < 1.29 is 4.42 Å². The zero-order valence-electron chi connectivity index (χ0n) is 9.77. The summed E-state index contributed by atoms with van der Waals surface area (Å²) in [5.41, 5.74) is 0. The van der Waals surface area contributed by atoms with E-state index in [0.717, 1.165) is 17.3 Å².